The summed E-state index contributed by atoms with van der Waals surface area (Å²) >= 11 is 5.84. The zero-order chi connectivity index (χ0) is 17.3. The number of halogens is 1. The highest BCUT2D eigenvalue weighted by atomic mass is 35.5. The van der Waals surface area contributed by atoms with Crippen molar-refractivity contribution in [1.82, 2.24) is 4.31 Å². The molecule has 0 unspecified atom stereocenters. The van der Waals surface area contributed by atoms with Gasteiger partial charge in [-0.3, -0.25) is 4.79 Å². The lowest BCUT2D eigenvalue weighted by Gasteiger charge is -2.21. The first kappa shape index (κ1) is 16.8. The van der Waals surface area contributed by atoms with Crippen molar-refractivity contribution in [2.75, 3.05) is 19.0 Å². The largest absolute Gasteiger partial charge is 0.482 e. The third-order valence-electron chi connectivity index (χ3n) is 3.61. The number of ether oxygens (including phenoxy) is 1. The highest BCUT2D eigenvalue weighted by molar-refractivity contribution is 7.89. The molecule has 3 rings (SSSR count). The second kappa shape index (κ2) is 6.43. The standard InChI is InChI=1S/C16H15ClN2O4S/c1-19(9-11-2-4-12(17)5-3-11)24(21,22)13-6-7-15-14(8-13)18-16(20)10-23-15/h2-8H,9-10H2,1H3,(H,18,20). The van der Waals surface area contributed by atoms with Gasteiger partial charge in [0.25, 0.3) is 5.91 Å². The van der Waals surface area contributed by atoms with Crippen LogP contribution < -0.4 is 10.1 Å². The average Bonchev–Trinajstić information content (AvgIpc) is 2.56. The number of nitrogens with zero attached hydrogens (tertiary/aromatic N) is 1. The van der Waals surface area contributed by atoms with Crippen LogP contribution in [-0.2, 0) is 21.4 Å². The van der Waals surface area contributed by atoms with Crippen LogP contribution >= 0.6 is 11.6 Å². The van der Waals surface area contributed by atoms with Gasteiger partial charge >= 0.3 is 0 Å². The summed E-state index contributed by atoms with van der Waals surface area (Å²) in [6, 6.07) is 11.4. The Kier molecular flexibility index (Phi) is 4.49. The Morgan fingerprint density at radius 2 is 1.92 bits per heavy atom. The van der Waals surface area contributed by atoms with Gasteiger partial charge in [0.15, 0.2) is 6.61 Å². The molecule has 6 nitrogen and oxygen atoms in total. The molecule has 0 aromatic heterocycles. The van der Waals surface area contributed by atoms with Crippen LogP contribution in [0.1, 0.15) is 5.56 Å². The zero-order valence-electron chi connectivity index (χ0n) is 12.8. The van der Waals surface area contributed by atoms with Crippen LogP contribution in [0.4, 0.5) is 5.69 Å². The van der Waals surface area contributed by atoms with E-state index in [1.54, 1.807) is 24.3 Å². The number of hydrogen-bond donors (Lipinski definition) is 1. The van der Waals surface area contributed by atoms with Gasteiger partial charge in [-0.1, -0.05) is 23.7 Å². The fraction of sp³-hybridized carbons (Fsp3) is 0.188. The fourth-order valence-corrected chi connectivity index (χ4v) is 3.65. The highest BCUT2D eigenvalue weighted by Gasteiger charge is 2.24. The van der Waals surface area contributed by atoms with Crippen molar-refractivity contribution in [2.45, 2.75) is 11.4 Å². The van der Waals surface area contributed by atoms with Gasteiger partial charge in [0, 0.05) is 18.6 Å². The first-order chi connectivity index (χ1) is 11.4. The topological polar surface area (TPSA) is 75.7 Å². The van der Waals surface area contributed by atoms with Gasteiger partial charge < -0.3 is 10.1 Å². The molecule has 0 fully saturated rings. The fourth-order valence-electron chi connectivity index (χ4n) is 2.33. The molecule has 1 aliphatic rings. The normalized spacial score (nSPS) is 14.0. The molecule has 8 heteroatoms. The van der Waals surface area contributed by atoms with Crippen molar-refractivity contribution < 1.29 is 17.9 Å². The van der Waals surface area contributed by atoms with Crippen molar-refractivity contribution >= 4 is 33.2 Å². The third-order valence-corrected chi connectivity index (χ3v) is 5.66. The van der Waals surface area contributed by atoms with Gasteiger partial charge in [-0.15, -0.1) is 0 Å². The molecular weight excluding hydrogens is 352 g/mol. The van der Waals surface area contributed by atoms with E-state index in [-0.39, 0.29) is 24.0 Å². The molecule has 24 heavy (non-hydrogen) atoms. The molecule has 1 amide bonds. The number of hydrogen-bond acceptors (Lipinski definition) is 4. The van der Waals surface area contributed by atoms with Crippen LogP contribution in [0.5, 0.6) is 5.75 Å². The van der Waals surface area contributed by atoms with E-state index in [9.17, 15) is 13.2 Å². The summed E-state index contributed by atoms with van der Waals surface area (Å²) in [7, 11) is -2.21. The van der Waals surface area contributed by atoms with Crippen molar-refractivity contribution in [3.63, 3.8) is 0 Å². The molecule has 2 aromatic rings. The smallest absolute Gasteiger partial charge is 0.262 e. The molecule has 1 aliphatic heterocycles. The van der Waals surface area contributed by atoms with Crippen molar-refractivity contribution in [3.8, 4) is 5.75 Å². The van der Waals surface area contributed by atoms with E-state index in [1.165, 1.54) is 29.6 Å². The Bertz CT molecular complexity index is 881. The SMILES string of the molecule is CN(Cc1ccc(Cl)cc1)S(=O)(=O)c1ccc2c(c1)NC(=O)CO2. The lowest BCUT2D eigenvalue weighted by molar-refractivity contribution is -0.118. The van der Waals surface area contributed by atoms with E-state index >= 15 is 0 Å². The van der Waals surface area contributed by atoms with Crippen LogP contribution in [0.3, 0.4) is 0 Å². The third kappa shape index (κ3) is 3.38. The van der Waals surface area contributed by atoms with Crippen LogP contribution in [0.25, 0.3) is 0 Å². The van der Waals surface area contributed by atoms with E-state index in [2.05, 4.69) is 5.32 Å². The maximum atomic E-state index is 12.7. The number of anilines is 1. The number of sulfonamides is 1. The minimum Gasteiger partial charge on any atom is -0.482 e. The molecule has 0 saturated carbocycles. The number of carbonyl (C=O) groups excluding carboxylic acids is 1. The van der Waals surface area contributed by atoms with Gasteiger partial charge in [0.05, 0.1) is 10.6 Å². The van der Waals surface area contributed by atoms with E-state index in [0.717, 1.165) is 5.56 Å². The Balaban J connectivity index is 1.85. The Labute approximate surface area is 145 Å². The summed E-state index contributed by atoms with van der Waals surface area (Å²) in [5, 5.41) is 3.20. The maximum Gasteiger partial charge on any atom is 0.262 e. The first-order valence-corrected chi connectivity index (χ1v) is 8.95. The lowest BCUT2D eigenvalue weighted by atomic mass is 10.2. The van der Waals surface area contributed by atoms with Crippen LogP contribution in [0, 0.1) is 0 Å². The Morgan fingerprint density at radius 3 is 2.62 bits per heavy atom. The van der Waals surface area contributed by atoms with E-state index in [0.29, 0.717) is 16.5 Å². The molecule has 0 spiro atoms. The van der Waals surface area contributed by atoms with Crippen molar-refractivity contribution in [3.05, 3.63) is 53.1 Å². The zero-order valence-corrected chi connectivity index (χ0v) is 14.4. The van der Waals surface area contributed by atoms with Crippen LogP contribution in [0.15, 0.2) is 47.4 Å². The number of rotatable bonds is 4. The minimum absolute atomic E-state index is 0.0738. The van der Waals surface area contributed by atoms with Crippen LogP contribution in [0.2, 0.25) is 5.02 Å². The molecule has 0 radical (unpaired) electrons. The number of nitrogens with one attached hydrogen (secondary N) is 1. The molecule has 0 aliphatic carbocycles. The number of fused-ring (bicyclic) bond motifs is 1. The molecule has 0 atom stereocenters. The van der Waals surface area contributed by atoms with Gasteiger partial charge in [0.1, 0.15) is 5.75 Å². The predicted molar refractivity (Wildman–Crippen MR) is 90.7 cm³/mol. The summed E-state index contributed by atoms with van der Waals surface area (Å²) in [6.45, 7) is 0.134. The van der Waals surface area contributed by atoms with Gasteiger partial charge in [-0.2, -0.15) is 4.31 Å². The molecule has 1 N–H and O–H groups in total. The van der Waals surface area contributed by atoms with E-state index < -0.39 is 10.0 Å². The molecule has 2 aromatic carbocycles. The van der Waals surface area contributed by atoms with Crippen LogP contribution in [-0.4, -0.2) is 32.3 Å². The predicted octanol–water partition coefficient (Wildman–Crippen LogP) is 2.49. The van der Waals surface area contributed by atoms with Gasteiger partial charge in [0.2, 0.25) is 10.0 Å². The molecular formula is C16H15ClN2O4S. The minimum atomic E-state index is -3.70. The summed E-state index contributed by atoms with van der Waals surface area (Å²) < 4.78 is 31.9. The quantitative estimate of drug-likeness (QED) is 0.902. The monoisotopic (exact) mass is 366 g/mol. The second-order valence-corrected chi connectivity index (χ2v) is 7.86. The van der Waals surface area contributed by atoms with E-state index in [1.807, 2.05) is 0 Å². The highest BCUT2D eigenvalue weighted by Crippen LogP contribution is 2.31. The van der Waals surface area contributed by atoms with E-state index in [4.69, 9.17) is 16.3 Å². The molecule has 0 bridgehead atoms. The molecule has 1 heterocycles. The number of amides is 1. The number of benzene rings is 2. The average molecular weight is 367 g/mol. The Hall–Kier alpha value is -2.09. The second-order valence-electron chi connectivity index (χ2n) is 5.38. The van der Waals surface area contributed by atoms with Crippen molar-refractivity contribution in [2.24, 2.45) is 0 Å². The lowest BCUT2D eigenvalue weighted by Crippen LogP contribution is -2.28. The summed E-state index contributed by atoms with van der Waals surface area (Å²) in [4.78, 5) is 11.5. The van der Waals surface area contributed by atoms with Gasteiger partial charge in [-0.05, 0) is 35.9 Å². The van der Waals surface area contributed by atoms with Crippen molar-refractivity contribution in [1.29, 1.82) is 0 Å². The first-order valence-electron chi connectivity index (χ1n) is 7.14. The summed E-state index contributed by atoms with van der Waals surface area (Å²) in [6.07, 6.45) is 0. The Morgan fingerprint density at radius 1 is 1.21 bits per heavy atom. The maximum absolute atomic E-state index is 12.7. The summed E-state index contributed by atoms with van der Waals surface area (Å²) in [5.74, 6) is 0.139. The summed E-state index contributed by atoms with van der Waals surface area (Å²) in [5.41, 5.74) is 1.17. The molecule has 0 saturated heterocycles. The number of carbonyl (C=O) groups is 1. The van der Waals surface area contributed by atoms with Gasteiger partial charge in [-0.25, -0.2) is 8.42 Å². The molecule has 126 valence electrons.